The van der Waals surface area contributed by atoms with E-state index in [0.717, 1.165) is 6.42 Å². The molecule has 1 atom stereocenters. The van der Waals surface area contributed by atoms with Gasteiger partial charge in [0.1, 0.15) is 0 Å². The lowest BCUT2D eigenvalue weighted by Gasteiger charge is -2.22. The molecule has 0 bridgehead atoms. The number of hydrogen-bond donors (Lipinski definition) is 2. The second-order valence-electron chi connectivity index (χ2n) is 5.59. The molecule has 6 nitrogen and oxygen atoms in total. The van der Waals surface area contributed by atoms with E-state index < -0.39 is 0 Å². The van der Waals surface area contributed by atoms with Crippen LogP contribution < -0.4 is 5.73 Å². The number of aromatic nitrogens is 4. The highest BCUT2D eigenvalue weighted by Crippen LogP contribution is 2.30. The third kappa shape index (κ3) is 2.95. The van der Waals surface area contributed by atoms with Gasteiger partial charge in [-0.2, -0.15) is 4.98 Å². The minimum atomic E-state index is 0.0845. The van der Waals surface area contributed by atoms with E-state index in [0.29, 0.717) is 24.1 Å². The second-order valence-corrected chi connectivity index (χ2v) is 5.59. The predicted molar refractivity (Wildman–Crippen MR) is 67.7 cm³/mol. The molecular formula is C12H19N5O. The monoisotopic (exact) mass is 249 g/mol. The molecule has 18 heavy (non-hydrogen) atoms. The summed E-state index contributed by atoms with van der Waals surface area (Å²) in [4.78, 5) is 11.4. The van der Waals surface area contributed by atoms with Crippen molar-refractivity contribution in [3.05, 3.63) is 18.3 Å². The van der Waals surface area contributed by atoms with E-state index in [-0.39, 0.29) is 11.3 Å². The Morgan fingerprint density at radius 3 is 2.78 bits per heavy atom. The van der Waals surface area contributed by atoms with Crippen LogP contribution in [0.4, 0.5) is 0 Å². The fourth-order valence-electron chi connectivity index (χ4n) is 1.90. The highest BCUT2D eigenvalue weighted by atomic mass is 16.5. The molecule has 0 aliphatic carbocycles. The smallest absolute Gasteiger partial charge is 0.238 e. The van der Waals surface area contributed by atoms with Crippen molar-refractivity contribution in [2.75, 3.05) is 6.54 Å². The maximum Gasteiger partial charge on any atom is 0.238 e. The van der Waals surface area contributed by atoms with Gasteiger partial charge in [0.2, 0.25) is 11.7 Å². The first-order valence-electron chi connectivity index (χ1n) is 6.03. The Kier molecular flexibility index (Phi) is 3.47. The highest BCUT2D eigenvalue weighted by Gasteiger charge is 2.24. The van der Waals surface area contributed by atoms with Crippen LogP contribution in [-0.2, 0) is 0 Å². The third-order valence-electron chi connectivity index (χ3n) is 2.64. The molecule has 0 aromatic carbocycles. The normalized spacial score (nSPS) is 13.8. The molecule has 3 N–H and O–H groups in total. The number of rotatable bonds is 4. The molecule has 0 saturated carbocycles. The van der Waals surface area contributed by atoms with Gasteiger partial charge in [-0.1, -0.05) is 25.9 Å². The van der Waals surface area contributed by atoms with Crippen LogP contribution in [0.3, 0.4) is 0 Å². The summed E-state index contributed by atoms with van der Waals surface area (Å²) in [5, 5.41) is 3.92. The SMILES string of the molecule is CC(C)(C)CC(CN)c1nc(-c2ncc[nH]2)no1. The molecule has 2 aromatic rings. The van der Waals surface area contributed by atoms with E-state index in [1.54, 1.807) is 12.4 Å². The van der Waals surface area contributed by atoms with Crippen LogP contribution in [0.15, 0.2) is 16.9 Å². The summed E-state index contributed by atoms with van der Waals surface area (Å²) in [6, 6.07) is 0. The lowest BCUT2D eigenvalue weighted by Crippen LogP contribution is -2.19. The van der Waals surface area contributed by atoms with Gasteiger partial charge in [-0.3, -0.25) is 0 Å². The Hall–Kier alpha value is -1.69. The van der Waals surface area contributed by atoms with Gasteiger partial charge in [-0.25, -0.2) is 4.98 Å². The molecule has 2 heterocycles. The van der Waals surface area contributed by atoms with Crippen LogP contribution in [-0.4, -0.2) is 26.7 Å². The molecule has 0 fully saturated rings. The number of nitrogens with two attached hydrogens (primary N) is 1. The minimum Gasteiger partial charge on any atom is -0.342 e. The molecule has 0 saturated heterocycles. The highest BCUT2D eigenvalue weighted by molar-refractivity contribution is 5.40. The van der Waals surface area contributed by atoms with Crippen LogP contribution in [0.1, 0.15) is 39.0 Å². The molecule has 0 radical (unpaired) electrons. The van der Waals surface area contributed by atoms with E-state index in [9.17, 15) is 0 Å². The molecule has 0 spiro atoms. The first kappa shape index (κ1) is 12.8. The van der Waals surface area contributed by atoms with Gasteiger partial charge in [-0.05, 0) is 11.8 Å². The van der Waals surface area contributed by atoms with Gasteiger partial charge in [0, 0.05) is 18.9 Å². The number of hydrogen-bond acceptors (Lipinski definition) is 5. The number of H-pyrrole nitrogens is 1. The maximum atomic E-state index is 5.79. The van der Waals surface area contributed by atoms with E-state index in [1.165, 1.54) is 0 Å². The van der Waals surface area contributed by atoms with Crippen molar-refractivity contribution in [3.63, 3.8) is 0 Å². The number of nitrogens with one attached hydrogen (secondary N) is 1. The van der Waals surface area contributed by atoms with Crippen molar-refractivity contribution in [2.24, 2.45) is 11.1 Å². The Balaban J connectivity index is 2.18. The fraction of sp³-hybridized carbons (Fsp3) is 0.583. The Bertz CT molecular complexity index is 483. The molecule has 98 valence electrons. The van der Waals surface area contributed by atoms with Gasteiger partial charge in [0.15, 0.2) is 5.82 Å². The van der Waals surface area contributed by atoms with Crippen LogP contribution in [0.5, 0.6) is 0 Å². The van der Waals surface area contributed by atoms with Gasteiger partial charge < -0.3 is 15.2 Å². The van der Waals surface area contributed by atoms with E-state index in [1.807, 2.05) is 0 Å². The Morgan fingerprint density at radius 2 is 2.22 bits per heavy atom. The molecular weight excluding hydrogens is 230 g/mol. The Morgan fingerprint density at radius 1 is 1.44 bits per heavy atom. The standard InChI is InChI=1S/C12H19N5O/c1-12(2,3)6-8(7-13)11-16-10(17-18-11)9-14-4-5-15-9/h4-5,8H,6-7,13H2,1-3H3,(H,14,15). The summed E-state index contributed by atoms with van der Waals surface area (Å²) in [6.45, 7) is 7.00. The second kappa shape index (κ2) is 4.89. The van der Waals surface area contributed by atoms with Crippen LogP contribution in [0, 0.1) is 5.41 Å². The summed E-state index contributed by atoms with van der Waals surface area (Å²) in [7, 11) is 0. The maximum absolute atomic E-state index is 5.79. The summed E-state index contributed by atoms with van der Waals surface area (Å²) in [6.07, 6.45) is 4.28. The van der Waals surface area contributed by atoms with Crippen LogP contribution in [0.25, 0.3) is 11.6 Å². The molecule has 0 aliphatic heterocycles. The lowest BCUT2D eigenvalue weighted by molar-refractivity contribution is 0.287. The van der Waals surface area contributed by atoms with Crippen molar-refractivity contribution in [1.82, 2.24) is 20.1 Å². The summed E-state index contributed by atoms with van der Waals surface area (Å²) in [5.74, 6) is 1.75. The van der Waals surface area contributed by atoms with Gasteiger partial charge >= 0.3 is 0 Å². The molecule has 6 heteroatoms. The molecule has 2 aromatic heterocycles. The predicted octanol–water partition coefficient (Wildman–Crippen LogP) is 1.94. The third-order valence-corrected chi connectivity index (χ3v) is 2.64. The number of imidazole rings is 1. The topological polar surface area (TPSA) is 93.6 Å². The molecule has 0 amide bonds. The first-order chi connectivity index (χ1) is 8.49. The summed E-state index contributed by atoms with van der Waals surface area (Å²) >= 11 is 0. The fourth-order valence-corrected chi connectivity index (χ4v) is 1.90. The van der Waals surface area contributed by atoms with E-state index in [4.69, 9.17) is 10.3 Å². The summed E-state index contributed by atoms with van der Waals surface area (Å²) < 4.78 is 5.29. The van der Waals surface area contributed by atoms with Crippen molar-refractivity contribution in [1.29, 1.82) is 0 Å². The van der Waals surface area contributed by atoms with E-state index >= 15 is 0 Å². The molecule has 0 aliphatic rings. The Labute approximate surface area is 106 Å². The zero-order chi connectivity index (χ0) is 13.2. The van der Waals surface area contributed by atoms with Crippen LogP contribution >= 0.6 is 0 Å². The van der Waals surface area contributed by atoms with Crippen LogP contribution in [0.2, 0.25) is 0 Å². The average molecular weight is 249 g/mol. The molecule has 2 rings (SSSR count). The largest absolute Gasteiger partial charge is 0.342 e. The van der Waals surface area contributed by atoms with E-state index in [2.05, 4.69) is 40.9 Å². The van der Waals surface area contributed by atoms with Gasteiger partial charge in [-0.15, -0.1) is 0 Å². The number of nitrogens with zero attached hydrogens (tertiary/aromatic N) is 3. The van der Waals surface area contributed by atoms with Crippen molar-refractivity contribution < 1.29 is 4.52 Å². The van der Waals surface area contributed by atoms with Crippen molar-refractivity contribution in [3.8, 4) is 11.6 Å². The quantitative estimate of drug-likeness (QED) is 0.863. The molecule has 1 unspecified atom stereocenters. The zero-order valence-corrected chi connectivity index (χ0v) is 11.0. The van der Waals surface area contributed by atoms with Crippen molar-refractivity contribution >= 4 is 0 Å². The van der Waals surface area contributed by atoms with Gasteiger partial charge in [0.25, 0.3) is 0 Å². The average Bonchev–Trinajstić information content (AvgIpc) is 2.94. The van der Waals surface area contributed by atoms with Crippen molar-refractivity contribution in [2.45, 2.75) is 33.1 Å². The number of aromatic amines is 1. The summed E-state index contributed by atoms with van der Waals surface area (Å²) in [5.41, 5.74) is 5.96. The lowest BCUT2D eigenvalue weighted by atomic mass is 9.84. The minimum absolute atomic E-state index is 0.0845. The van der Waals surface area contributed by atoms with Gasteiger partial charge in [0.05, 0.1) is 5.92 Å². The zero-order valence-electron chi connectivity index (χ0n) is 11.0. The first-order valence-corrected chi connectivity index (χ1v) is 6.03.